The topological polar surface area (TPSA) is 0 Å². The van der Waals surface area contributed by atoms with E-state index in [9.17, 15) is 0 Å². The van der Waals surface area contributed by atoms with Crippen molar-refractivity contribution in [1.29, 1.82) is 0 Å². The van der Waals surface area contributed by atoms with Gasteiger partial charge in [0.2, 0.25) is 0 Å². The lowest BCUT2D eigenvalue weighted by Gasteiger charge is -2.16. The van der Waals surface area contributed by atoms with E-state index in [0.717, 1.165) is 5.92 Å². The summed E-state index contributed by atoms with van der Waals surface area (Å²) in [5.74, 6) is 0.920. The molecule has 25 heavy (non-hydrogen) atoms. The van der Waals surface area contributed by atoms with Crippen molar-refractivity contribution in [2.45, 2.75) is 149 Å². The molecule has 0 saturated heterocycles. The molecule has 1 atom stereocenters. The van der Waals surface area contributed by atoms with Crippen LogP contribution in [-0.2, 0) is 0 Å². The summed E-state index contributed by atoms with van der Waals surface area (Å²) in [4.78, 5) is 0. The van der Waals surface area contributed by atoms with E-state index in [4.69, 9.17) is 0 Å². The molecule has 0 aliphatic carbocycles. The number of hydrogen-bond acceptors (Lipinski definition) is 0. The molecule has 0 aromatic heterocycles. The Morgan fingerprint density at radius 3 is 1.28 bits per heavy atom. The normalized spacial score (nSPS) is 12.6. The fourth-order valence-electron chi connectivity index (χ4n) is 3.86. The van der Waals surface area contributed by atoms with Crippen LogP contribution in [0.5, 0.6) is 0 Å². The van der Waals surface area contributed by atoms with Crippen LogP contribution in [0, 0.1) is 12.3 Å². The largest absolute Gasteiger partial charge is 0.0654 e. The van der Waals surface area contributed by atoms with E-state index in [1.165, 1.54) is 128 Å². The maximum absolute atomic E-state index is 2.71. The summed E-state index contributed by atoms with van der Waals surface area (Å²) in [7, 11) is 0. The predicted octanol–water partition coefficient (Wildman–Crippen LogP) is 9.67. The molecule has 0 heterocycles. The molecule has 0 aliphatic heterocycles. The first-order chi connectivity index (χ1) is 12.3. The molecular weight excluding hydrogens is 300 g/mol. The van der Waals surface area contributed by atoms with Crippen molar-refractivity contribution in [3.8, 4) is 0 Å². The quantitative estimate of drug-likeness (QED) is 0.180. The van der Waals surface area contributed by atoms with Crippen LogP contribution < -0.4 is 0 Å². The molecule has 0 rings (SSSR count). The minimum Gasteiger partial charge on any atom is -0.0654 e. The smallest absolute Gasteiger partial charge is 0.0355 e. The zero-order valence-corrected chi connectivity index (χ0v) is 18.3. The summed E-state index contributed by atoms with van der Waals surface area (Å²) in [6.07, 6.45) is 31.5. The third-order valence-corrected chi connectivity index (χ3v) is 5.66. The van der Waals surface area contributed by atoms with Gasteiger partial charge in [-0.15, -0.1) is 0 Å². The van der Waals surface area contributed by atoms with Crippen molar-refractivity contribution < 1.29 is 0 Å². The fraction of sp³-hybridized carbons (Fsp3) is 0.960. The van der Waals surface area contributed by atoms with Gasteiger partial charge >= 0.3 is 0 Å². The Kier molecular flexibility index (Phi) is 22.0. The molecule has 0 fully saturated rings. The molecule has 0 spiro atoms. The molecule has 151 valence electrons. The van der Waals surface area contributed by atoms with Crippen LogP contribution in [0.4, 0.5) is 0 Å². The lowest BCUT2D eigenvalue weighted by Crippen LogP contribution is -2.02. The SMILES string of the molecule is CCCCCCCCC[CH]C(CCCCCC)CCCCCCCC. The summed E-state index contributed by atoms with van der Waals surface area (Å²) in [5.41, 5.74) is 0. The molecular formula is C25H51. The Morgan fingerprint density at radius 2 is 0.800 bits per heavy atom. The molecule has 0 saturated carbocycles. The Bertz CT molecular complexity index is 220. The van der Waals surface area contributed by atoms with E-state index in [0.29, 0.717) is 0 Å². The van der Waals surface area contributed by atoms with Gasteiger partial charge in [0.25, 0.3) is 0 Å². The average molecular weight is 352 g/mol. The van der Waals surface area contributed by atoms with Gasteiger partial charge in [0.1, 0.15) is 0 Å². The zero-order valence-electron chi connectivity index (χ0n) is 18.3. The Labute approximate surface area is 161 Å². The maximum atomic E-state index is 2.71. The minimum absolute atomic E-state index is 0.920. The van der Waals surface area contributed by atoms with Gasteiger partial charge in [-0.05, 0) is 18.8 Å². The van der Waals surface area contributed by atoms with E-state index >= 15 is 0 Å². The zero-order chi connectivity index (χ0) is 18.4. The van der Waals surface area contributed by atoms with Gasteiger partial charge in [0, 0.05) is 0 Å². The highest BCUT2D eigenvalue weighted by molar-refractivity contribution is 4.76. The van der Waals surface area contributed by atoms with Gasteiger partial charge in [-0.2, -0.15) is 0 Å². The Balaban J connectivity index is 3.69. The van der Waals surface area contributed by atoms with Crippen LogP contribution in [-0.4, -0.2) is 0 Å². The summed E-state index contributed by atoms with van der Waals surface area (Å²) in [6.45, 7) is 6.94. The fourth-order valence-corrected chi connectivity index (χ4v) is 3.86. The Hall–Kier alpha value is 0. The number of hydrogen-bond donors (Lipinski definition) is 0. The first kappa shape index (κ1) is 25.0. The number of unbranched alkanes of at least 4 members (excludes halogenated alkanes) is 15. The standard InChI is InChI=1S/C25H51/c1-4-7-10-13-15-16-18-21-24-25(22-19-12-9-6-3)23-20-17-14-11-8-5-2/h24-25H,4-23H2,1-3H3. The van der Waals surface area contributed by atoms with Gasteiger partial charge in [-0.25, -0.2) is 0 Å². The van der Waals surface area contributed by atoms with Crippen molar-refractivity contribution in [3.05, 3.63) is 6.42 Å². The van der Waals surface area contributed by atoms with E-state index in [1.807, 2.05) is 0 Å². The van der Waals surface area contributed by atoms with E-state index in [1.54, 1.807) is 0 Å². The molecule has 0 amide bonds. The summed E-state index contributed by atoms with van der Waals surface area (Å²) < 4.78 is 0. The molecule has 0 heteroatoms. The molecule has 1 radical (unpaired) electrons. The van der Waals surface area contributed by atoms with Crippen LogP contribution in [0.25, 0.3) is 0 Å². The summed E-state index contributed by atoms with van der Waals surface area (Å²) in [6, 6.07) is 0. The number of rotatable bonds is 21. The van der Waals surface area contributed by atoms with Gasteiger partial charge in [-0.3, -0.25) is 0 Å². The van der Waals surface area contributed by atoms with Gasteiger partial charge < -0.3 is 0 Å². The average Bonchev–Trinajstić information content (AvgIpc) is 2.63. The lowest BCUT2D eigenvalue weighted by molar-refractivity contribution is 0.432. The van der Waals surface area contributed by atoms with Gasteiger partial charge in [0.15, 0.2) is 0 Å². The molecule has 0 N–H and O–H groups in total. The van der Waals surface area contributed by atoms with E-state index in [-0.39, 0.29) is 0 Å². The van der Waals surface area contributed by atoms with Crippen molar-refractivity contribution in [2.24, 2.45) is 5.92 Å². The third kappa shape index (κ3) is 20.2. The van der Waals surface area contributed by atoms with Crippen LogP contribution in [0.2, 0.25) is 0 Å². The van der Waals surface area contributed by atoms with Crippen LogP contribution in [0.3, 0.4) is 0 Å². The highest BCUT2D eigenvalue weighted by atomic mass is 14.1. The first-order valence-electron chi connectivity index (χ1n) is 12.2. The maximum Gasteiger partial charge on any atom is -0.0355 e. The van der Waals surface area contributed by atoms with Crippen LogP contribution in [0.15, 0.2) is 0 Å². The minimum atomic E-state index is 0.920. The van der Waals surface area contributed by atoms with Crippen LogP contribution in [0.1, 0.15) is 149 Å². The van der Waals surface area contributed by atoms with E-state index in [2.05, 4.69) is 27.2 Å². The van der Waals surface area contributed by atoms with Crippen LogP contribution >= 0.6 is 0 Å². The van der Waals surface area contributed by atoms with Crippen molar-refractivity contribution >= 4 is 0 Å². The van der Waals surface area contributed by atoms with Gasteiger partial charge in [-0.1, -0.05) is 143 Å². The highest BCUT2D eigenvalue weighted by Gasteiger charge is 2.08. The molecule has 1 unspecified atom stereocenters. The third-order valence-electron chi connectivity index (χ3n) is 5.66. The molecule has 0 aromatic rings. The lowest BCUT2D eigenvalue weighted by atomic mass is 9.89. The highest BCUT2D eigenvalue weighted by Crippen LogP contribution is 2.23. The second-order valence-corrected chi connectivity index (χ2v) is 8.31. The van der Waals surface area contributed by atoms with Crippen molar-refractivity contribution in [2.75, 3.05) is 0 Å². The van der Waals surface area contributed by atoms with E-state index < -0.39 is 0 Å². The molecule has 0 aliphatic rings. The summed E-state index contributed by atoms with van der Waals surface area (Å²) in [5, 5.41) is 0. The molecule has 0 aromatic carbocycles. The molecule has 0 bridgehead atoms. The van der Waals surface area contributed by atoms with Crippen molar-refractivity contribution in [1.82, 2.24) is 0 Å². The van der Waals surface area contributed by atoms with Crippen molar-refractivity contribution in [3.63, 3.8) is 0 Å². The first-order valence-corrected chi connectivity index (χ1v) is 12.2. The predicted molar refractivity (Wildman–Crippen MR) is 117 cm³/mol. The summed E-state index contributed by atoms with van der Waals surface area (Å²) >= 11 is 0. The monoisotopic (exact) mass is 351 g/mol. The second-order valence-electron chi connectivity index (χ2n) is 8.31. The van der Waals surface area contributed by atoms with Gasteiger partial charge in [0.05, 0.1) is 0 Å². The Morgan fingerprint density at radius 1 is 0.440 bits per heavy atom. The molecule has 0 nitrogen and oxygen atoms in total. The second kappa shape index (κ2) is 22.0.